The summed E-state index contributed by atoms with van der Waals surface area (Å²) < 4.78 is 11.0. The molecule has 1 aromatic carbocycles. The summed E-state index contributed by atoms with van der Waals surface area (Å²) in [6.07, 6.45) is 6.05. The number of rotatable bonds is 2. The van der Waals surface area contributed by atoms with Crippen LogP contribution in [0.25, 0.3) is 0 Å². The van der Waals surface area contributed by atoms with Crippen LogP contribution in [0.15, 0.2) is 48.3 Å². The van der Waals surface area contributed by atoms with Crippen LogP contribution in [0.4, 0.5) is 0 Å². The Morgan fingerprint density at radius 1 is 1.32 bits per heavy atom. The molecule has 1 fully saturated rings. The van der Waals surface area contributed by atoms with Gasteiger partial charge in [-0.3, -0.25) is 4.79 Å². The van der Waals surface area contributed by atoms with E-state index < -0.39 is 6.23 Å². The second-order valence-electron chi connectivity index (χ2n) is 4.57. The highest BCUT2D eigenvalue weighted by Crippen LogP contribution is 2.32. The van der Waals surface area contributed by atoms with Gasteiger partial charge >= 0.3 is 0 Å². The first-order chi connectivity index (χ1) is 9.28. The van der Waals surface area contributed by atoms with Crippen LogP contribution in [0, 0.1) is 5.92 Å². The monoisotopic (exact) mass is 257 g/mol. The molecule has 4 nitrogen and oxygen atoms in total. The van der Waals surface area contributed by atoms with Gasteiger partial charge in [-0.2, -0.15) is 0 Å². The summed E-state index contributed by atoms with van der Waals surface area (Å²) in [5, 5.41) is 2.89. The van der Waals surface area contributed by atoms with E-state index in [0.29, 0.717) is 6.42 Å². The molecule has 3 rings (SSSR count). The lowest BCUT2D eigenvalue weighted by Gasteiger charge is -2.33. The quantitative estimate of drug-likeness (QED) is 0.884. The first-order valence-corrected chi connectivity index (χ1v) is 6.25. The van der Waals surface area contributed by atoms with Crippen LogP contribution in [0.1, 0.15) is 18.2 Å². The third kappa shape index (κ3) is 2.21. The number of carbonyl (C=O) groups excluding carboxylic acids is 1. The highest BCUT2D eigenvalue weighted by atomic mass is 16.5. The Kier molecular flexibility index (Phi) is 2.99. The summed E-state index contributed by atoms with van der Waals surface area (Å²) in [4.78, 5) is 12.0. The molecule has 0 saturated carbocycles. The molecule has 2 aliphatic rings. The van der Waals surface area contributed by atoms with Gasteiger partial charge < -0.3 is 14.8 Å². The largest absolute Gasteiger partial charge is 0.497 e. The molecule has 2 unspecified atom stereocenters. The summed E-state index contributed by atoms with van der Waals surface area (Å²) in [6, 6.07) is 7.49. The van der Waals surface area contributed by atoms with Crippen molar-refractivity contribution in [1.29, 1.82) is 0 Å². The van der Waals surface area contributed by atoms with Crippen molar-refractivity contribution >= 4 is 5.91 Å². The Bertz CT molecular complexity index is 545. The van der Waals surface area contributed by atoms with E-state index in [-0.39, 0.29) is 11.8 Å². The Balaban J connectivity index is 1.83. The summed E-state index contributed by atoms with van der Waals surface area (Å²) in [5.41, 5.74) is 0.906. The van der Waals surface area contributed by atoms with Gasteiger partial charge in [-0.1, -0.05) is 12.2 Å². The fourth-order valence-electron chi connectivity index (χ4n) is 2.29. The van der Waals surface area contributed by atoms with Gasteiger partial charge in [0.25, 0.3) is 0 Å². The summed E-state index contributed by atoms with van der Waals surface area (Å²) in [6.45, 7) is 0. The number of nitrogens with one attached hydrogen (secondary N) is 1. The van der Waals surface area contributed by atoms with Gasteiger partial charge in [-0.05, 0) is 36.8 Å². The third-order valence-corrected chi connectivity index (χ3v) is 3.37. The maximum Gasteiger partial charge on any atom is 0.234 e. The second-order valence-corrected chi connectivity index (χ2v) is 4.57. The van der Waals surface area contributed by atoms with Crippen LogP contribution < -0.4 is 10.1 Å². The van der Waals surface area contributed by atoms with Crippen LogP contribution in [0.2, 0.25) is 0 Å². The first kappa shape index (κ1) is 11.8. The maximum atomic E-state index is 12.0. The van der Waals surface area contributed by atoms with Gasteiger partial charge in [0.1, 0.15) is 11.5 Å². The van der Waals surface area contributed by atoms with Crippen molar-refractivity contribution in [2.24, 2.45) is 5.92 Å². The van der Waals surface area contributed by atoms with Gasteiger partial charge in [-0.15, -0.1) is 0 Å². The number of allylic oxidation sites excluding steroid dienone is 3. The molecule has 0 spiro atoms. The predicted octanol–water partition coefficient (Wildman–Crippen LogP) is 2.30. The molecule has 1 N–H and O–H groups in total. The highest BCUT2D eigenvalue weighted by Gasteiger charge is 2.34. The van der Waals surface area contributed by atoms with Crippen molar-refractivity contribution in [3.05, 3.63) is 53.8 Å². The van der Waals surface area contributed by atoms with Crippen LogP contribution in [-0.4, -0.2) is 13.0 Å². The Labute approximate surface area is 111 Å². The van der Waals surface area contributed by atoms with E-state index in [4.69, 9.17) is 9.47 Å². The number of hydrogen-bond donors (Lipinski definition) is 1. The van der Waals surface area contributed by atoms with Crippen LogP contribution in [0.5, 0.6) is 5.75 Å². The number of ether oxygens (including phenoxy) is 2. The fraction of sp³-hybridized carbons (Fsp3) is 0.267. The molecule has 0 aromatic heterocycles. The lowest BCUT2D eigenvalue weighted by molar-refractivity contribution is -0.134. The topological polar surface area (TPSA) is 47.6 Å². The van der Waals surface area contributed by atoms with E-state index in [2.05, 4.69) is 5.32 Å². The zero-order valence-corrected chi connectivity index (χ0v) is 10.6. The van der Waals surface area contributed by atoms with Crippen LogP contribution >= 0.6 is 0 Å². The minimum absolute atomic E-state index is 0.0164. The molecule has 0 bridgehead atoms. The molecular formula is C15H15NO3. The van der Waals surface area contributed by atoms with E-state index in [1.54, 1.807) is 7.11 Å². The molecule has 1 heterocycles. The molecule has 4 heteroatoms. The van der Waals surface area contributed by atoms with Crippen molar-refractivity contribution < 1.29 is 14.3 Å². The molecular weight excluding hydrogens is 242 g/mol. The third-order valence-electron chi connectivity index (χ3n) is 3.37. The van der Waals surface area contributed by atoms with Crippen molar-refractivity contribution in [3.8, 4) is 5.75 Å². The van der Waals surface area contributed by atoms with E-state index in [1.165, 1.54) is 0 Å². The van der Waals surface area contributed by atoms with E-state index in [9.17, 15) is 4.79 Å². The molecule has 98 valence electrons. The van der Waals surface area contributed by atoms with Crippen molar-refractivity contribution in [1.82, 2.24) is 5.32 Å². The molecule has 1 aliphatic heterocycles. The molecule has 2 atom stereocenters. The Morgan fingerprint density at radius 3 is 2.84 bits per heavy atom. The normalized spacial score (nSPS) is 24.9. The number of hydrogen-bond acceptors (Lipinski definition) is 3. The lowest BCUT2D eigenvalue weighted by atomic mass is 9.95. The average molecular weight is 257 g/mol. The van der Waals surface area contributed by atoms with Crippen molar-refractivity contribution in [2.75, 3.05) is 7.11 Å². The molecule has 1 amide bonds. The summed E-state index contributed by atoms with van der Waals surface area (Å²) in [7, 11) is 1.62. The fourth-order valence-corrected chi connectivity index (χ4v) is 2.29. The maximum absolute atomic E-state index is 12.0. The zero-order chi connectivity index (χ0) is 13.2. The van der Waals surface area contributed by atoms with Gasteiger partial charge in [0.2, 0.25) is 5.91 Å². The second kappa shape index (κ2) is 4.80. The Morgan fingerprint density at radius 2 is 2.11 bits per heavy atom. The van der Waals surface area contributed by atoms with E-state index in [1.807, 2.05) is 42.5 Å². The van der Waals surface area contributed by atoms with Crippen LogP contribution in [0.3, 0.4) is 0 Å². The van der Waals surface area contributed by atoms with Gasteiger partial charge in [-0.25, -0.2) is 0 Å². The molecule has 0 radical (unpaired) electrons. The molecule has 19 heavy (non-hydrogen) atoms. The van der Waals surface area contributed by atoms with Crippen molar-refractivity contribution in [2.45, 2.75) is 12.6 Å². The van der Waals surface area contributed by atoms with Gasteiger partial charge in [0.15, 0.2) is 6.23 Å². The van der Waals surface area contributed by atoms with Crippen molar-refractivity contribution in [3.63, 3.8) is 0 Å². The smallest absolute Gasteiger partial charge is 0.234 e. The Hall–Kier alpha value is -2.23. The molecule has 1 saturated heterocycles. The molecule has 1 aliphatic carbocycles. The lowest BCUT2D eigenvalue weighted by Crippen LogP contribution is -2.42. The summed E-state index contributed by atoms with van der Waals surface area (Å²) in [5.74, 6) is 1.36. The first-order valence-electron chi connectivity index (χ1n) is 6.25. The highest BCUT2D eigenvalue weighted by molar-refractivity contribution is 5.83. The van der Waals surface area contributed by atoms with Gasteiger partial charge in [0, 0.05) is 5.56 Å². The standard InChI is InChI=1S/C15H15NO3/c1-18-11-8-6-10(7-9-11)15-16-14(17)12-4-2-3-5-13(12)19-15/h2-3,5-9,12,15H,4H2,1H3,(H,16,17). The SMILES string of the molecule is COc1ccc(C2NC(=O)C3CC=CC=C3O2)cc1. The van der Waals surface area contributed by atoms with Gasteiger partial charge in [0.05, 0.1) is 13.0 Å². The summed E-state index contributed by atoms with van der Waals surface area (Å²) >= 11 is 0. The number of carbonyl (C=O) groups is 1. The van der Waals surface area contributed by atoms with Crippen LogP contribution in [-0.2, 0) is 9.53 Å². The average Bonchev–Trinajstić information content (AvgIpc) is 2.47. The minimum Gasteiger partial charge on any atom is -0.497 e. The predicted molar refractivity (Wildman–Crippen MR) is 70.3 cm³/mol. The number of amides is 1. The molecule has 1 aromatic rings. The number of fused-ring (bicyclic) bond motifs is 1. The van der Waals surface area contributed by atoms with E-state index >= 15 is 0 Å². The minimum atomic E-state index is -0.424. The van der Waals surface area contributed by atoms with E-state index in [0.717, 1.165) is 17.1 Å². The zero-order valence-electron chi connectivity index (χ0n) is 10.6. The number of methoxy groups -OCH3 is 1. The number of benzene rings is 1.